The standard InChI is InChI=1S/C31H52N2O5S/c1-4-5-6-7-8-9-10-11-12-13-14-15-16-17-18-19-20-29(35)38-25-27(26(2)3)30(36)31(37)33-22-21-28(34)32-23-24-39/h5-6,8-9,11-12,16-17,26-27,30,36,39H,4,7,10,13-15,18-25H2,1-3H3,(H,32,34)(H,33,37). The van der Waals surface area contributed by atoms with Gasteiger partial charge in [0.25, 0.3) is 0 Å². The van der Waals surface area contributed by atoms with Gasteiger partial charge in [0, 0.05) is 37.6 Å². The number of ether oxygens (including phenoxy) is 1. The highest BCUT2D eigenvalue weighted by molar-refractivity contribution is 7.80. The van der Waals surface area contributed by atoms with Crippen molar-refractivity contribution in [2.24, 2.45) is 11.8 Å². The highest BCUT2D eigenvalue weighted by atomic mass is 32.1. The van der Waals surface area contributed by atoms with Crippen LogP contribution in [0.3, 0.4) is 0 Å². The van der Waals surface area contributed by atoms with Gasteiger partial charge in [0.2, 0.25) is 11.8 Å². The van der Waals surface area contributed by atoms with Crippen LogP contribution in [0.4, 0.5) is 0 Å². The average Bonchev–Trinajstić information content (AvgIpc) is 2.91. The van der Waals surface area contributed by atoms with Crippen LogP contribution in [0.5, 0.6) is 0 Å². The van der Waals surface area contributed by atoms with Crippen molar-refractivity contribution in [3.8, 4) is 0 Å². The fourth-order valence-electron chi connectivity index (χ4n) is 3.57. The Balaban J connectivity index is 4.03. The second-order valence-electron chi connectivity index (χ2n) is 9.74. The van der Waals surface area contributed by atoms with E-state index < -0.39 is 17.9 Å². The molecule has 0 aliphatic heterocycles. The van der Waals surface area contributed by atoms with Crippen molar-refractivity contribution >= 4 is 30.4 Å². The van der Waals surface area contributed by atoms with Gasteiger partial charge in [0.1, 0.15) is 6.10 Å². The van der Waals surface area contributed by atoms with Crippen LogP contribution < -0.4 is 10.6 Å². The number of rotatable bonds is 23. The van der Waals surface area contributed by atoms with E-state index in [2.05, 4.69) is 78.8 Å². The molecule has 0 spiro atoms. The van der Waals surface area contributed by atoms with Crippen LogP contribution in [0, 0.1) is 11.8 Å². The van der Waals surface area contributed by atoms with Gasteiger partial charge >= 0.3 is 5.97 Å². The lowest BCUT2D eigenvalue weighted by Crippen LogP contribution is -2.44. The zero-order chi connectivity index (χ0) is 29.1. The lowest BCUT2D eigenvalue weighted by molar-refractivity contribution is -0.150. The maximum absolute atomic E-state index is 12.3. The molecule has 0 saturated heterocycles. The second-order valence-corrected chi connectivity index (χ2v) is 10.2. The summed E-state index contributed by atoms with van der Waals surface area (Å²) >= 11 is 4.02. The molecule has 0 rings (SSSR count). The van der Waals surface area contributed by atoms with Crippen LogP contribution in [-0.2, 0) is 19.1 Å². The van der Waals surface area contributed by atoms with E-state index in [1.165, 1.54) is 0 Å². The fraction of sp³-hybridized carbons (Fsp3) is 0.645. The summed E-state index contributed by atoms with van der Waals surface area (Å²) in [6.45, 7) is 6.43. The van der Waals surface area contributed by atoms with Crippen molar-refractivity contribution in [3.63, 3.8) is 0 Å². The Morgan fingerprint density at radius 2 is 1.41 bits per heavy atom. The summed E-state index contributed by atoms with van der Waals surface area (Å²) in [6.07, 6.45) is 24.3. The SMILES string of the molecule is CCC=CCC=CCC=CCCCC=CCCCC(=O)OCC(C(C)C)C(O)C(=O)NCCC(=O)NCCS. The second kappa shape index (κ2) is 25.9. The highest BCUT2D eigenvalue weighted by Crippen LogP contribution is 2.17. The number of hydrogen-bond acceptors (Lipinski definition) is 6. The van der Waals surface area contributed by atoms with Gasteiger partial charge in [-0.2, -0.15) is 12.6 Å². The molecule has 2 atom stereocenters. The van der Waals surface area contributed by atoms with Gasteiger partial charge in [-0.05, 0) is 57.3 Å². The van der Waals surface area contributed by atoms with Gasteiger partial charge in [-0.1, -0.05) is 69.4 Å². The zero-order valence-electron chi connectivity index (χ0n) is 24.3. The van der Waals surface area contributed by atoms with E-state index in [1.54, 1.807) is 0 Å². The quantitative estimate of drug-likeness (QED) is 0.0570. The maximum Gasteiger partial charge on any atom is 0.305 e. The van der Waals surface area contributed by atoms with Gasteiger partial charge < -0.3 is 20.5 Å². The van der Waals surface area contributed by atoms with Crippen LogP contribution in [0.1, 0.15) is 85.0 Å². The van der Waals surface area contributed by atoms with Crippen LogP contribution in [0.25, 0.3) is 0 Å². The fourth-order valence-corrected chi connectivity index (χ4v) is 3.68. The third kappa shape index (κ3) is 22.2. The summed E-state index contributed by atoms with van der Waals surface area (Å²) in [7, 11) is 0. The Labute approximate surface area is 242 Å². The van der Waals surface area contributed by atoms with Crippen molar-refractivity contribution in [2.75, 3.05) is 25.4 Å². The van der Waals surface area contributed by atoms with E-state index in [0.717, 1.165) is 44.9 Å². The molecule has 8 heteroatoms. The first-order valence-corrected chi connectivity index (χ1v) is 15.1. The molecule has 0 saturated carbocycles. The Morgan fingerprint density at radius 3 is 2.03 bits per heavy atom. The number of nitrogens with one attached hydrogen (secondary N) is 2. The Bertz CT molecular complexity index is 777. The van der Waals surface area contributed by atoms with Crippen molar-refractivity contribution in [3.05, 3.63) is 48.6 Å². The third-order valence-corrected chi connectivity index (χ3v) is 6.22. The average molecular weight is 565 g/mol. The lowest BCUT2D eigenvalue weighted by Gasteiger charge is -2.25. The molecule has 2 unspecified atom stereocenters. The molecule has 222 valence electrons. The molecule has 7 nitrogen and oxygen atoms in total. The molecular formula is C31H52N2O5S. The minimum Gasteiger partial charge on any atom is -0.465 e. The number of carbonyl (C=O) groups is 3. The Hall–Kier alpha value is -2.32. The number of aliphatic hydroxyl groups is 1. The van der Waals surface area contributed by atoms with Crippen molar-refractivity contribution in [2.45, 2.75) is 91.1 Å². The third-order valence-electron chi connectivity index (χ3n) is 5.99. The molecule has 0 fully saturated rings. The summed E-state index contributed by atoms with van der Waals surface area (Å²) in [5, 5.41) is 15.7. The first kappa shape index (κ1) is 36.7. The van der Waals surface area contributed by atoms with Gasteiger partial charge in [-0.15, -0.1) is 0 Å². The molecule has 39 heavy (non-hydrogen) atoms. The molecule has 0 aromatic carbocycles. The largest absolute Gasteiger partial charge is 0.465 e. The monoisotopic (exact) mass is 564 g/mol. The maximum atomic E-state index is 12.3. The number of hydrogen-bond donors (Lipinski definition) is 4. The van der Waals surface area contributed by atoms with E-state index in [0.29, 0.717) is 25.1 Å². The highest BCUT2D eigenvalue weighted by Gasteiger charge is 2.29. The Kier molecular flexibility index (Phi) is 24.4. The summed E-state index contributed by atoms with van der Waals surface area (Å²) in [6, 6.07) is 0. The molecule has 0 heterocycles. The minimum atomic E-state index is -1.32. The summed E-state index contributed by atoms with van der Waals surface area (Å²) in [4.78, 5) is 36.1. The first-order valence-electron chi connectivity index (χ1n) is 14.4. The summed E-state index contributed by atoms with van der Waals surface area (Å²) < 4.78 is 5.36. The predicted octanol–water partition coefficient (Wildman–Crippen LogP) is 5.47. The summed E-state index contributed by atoms with van der Waals surface area (Å²) in [5.41, 5.74) is 0. The first-order chi connectivity index (χ1) is 18.8. The number of aliphatic hydroxyl groups excluding tert-OH is 1. The topological polar surface area (TPSA) is 105 Å². The molecular weight excluding hydrogens is 512 g/mol. The van der Waals surface area contributed by atoms with Crippen molar-refractivity contribution in [1.82, 2.24) is 10.6 Å². The molecule has 0 aliphatic carbocycles. The molecule has 2 amide bonds. The van der Waals surface area contributed by atoms with E-state index >= 15 is 0 Å². The molecule has 0 aromatic heterocycles. The molecule has 3 N–H and O–H groups in total. The molecule has 0 aromatic rings. The summed E-state index contributed by atoms with van der Waals surface area (Å²) in [5.74, 6) is -1.15. The lowest BCUT2D eigenvalue weighted by atomic mass is 9.90. The van der Waals surface area contributed by atoms with Crippen LogP contribution in [0.2, 0.25) is 0 Å². The van der Waals surface area contributed by atoms with E-state index in [4.69, 9.17) is 4.74 Å². The number of allylic oxidation sites excluding steroid dienone is 8. The van der Waals surface area contributed by atoms with Crippen molar-refractivity contribution in [1.29, 1.82) is 0 Å². The number of esters is 1. The molecule has 0 radical (unpaired) electrons. The van der Waals surface area contributed by atoms with Gasteiger partial charge in [-0.3, -0.25) is 14.4 Å². The van der Waals surface area contributed by atoms with E-state index in [9.17, 15) is 19.5 Å². The normalized spacial score (nSPS) is 13.6. The molecule has 0 bridgehead atoms. The van der Waals surface area contributed by atoms with Gasteiger partial charge in [-0.25, -0.2) is 0 Å². The Morgan fingerprint density at radius 1 is 0.821 bits per heavy atom. The van der Waals surface area contributed by atoms with Crippen LogP contribution in [-0.4, -0.2) is 54.4 Å². The van der Waals surface area contributed by atoms with Crippen molar-refractivity contribution < 1.29 is 24.2 Å². The number of carbonyl (C=O) groups excluding carboxylic acids is 3. The number of thiol groups is 1. The van der Waals surface area contributed by atoms with Gasteiger partial charge in [0.05, 0.1) is 6.61 Å². The number of unbranched alkanes of at least 4 members (excludes halogenated alkanes) is 3. The van der Waals surface area contributed by atoms with Crippen LogP contribution in [0.15, 0.2) is 48.6 Å². The van der Waals surface area contributed by atoms with Gasteiger partial charge in [0.15, 0.2) is 0 Å². The zero-order valence-corrected chi connectivity index (χ0v) is 25.2. The smallest absolute Gasteiger partial charge is 0.305 e. The van der Waals surface area contributed by atoms with E-state index in [-0.39, 0.29) is 37.4 Å². The number of amides is 2. The molecule has 0 aliphatic rings. The predicted molar refractivity (Wildman–Crippen MR) is 164 cm³/mol. The minimum absolute atomic E-state index is 0.0252. The van der Waals surface area contributed by atoms with E-state index in [1.807, 2.05) is 13.8 Å². The van der Waals surface area contributed by atoms with Crippen LogP contribution >= 0.6 is 12.6 Å².